The maximum Gasteiger partial charge on any atom is 0.133 e. The molecule has 2 fully saturated rings. The van der Waals surface area contributed by atoms with Crippen molar-refractivity contribution in [2.24, 2.45) is 5.92 Å². The molecule has 2 N–H and O–H groups in total. The zero-order chi connectivity index (χ0) is 25.3. The summed E-state index contributed by atoms with van der Waals surface area (Å²) in [6.45, 7) is 17.1. The first-order valence-electron chi connectivity index (χ1n) is 12.1. The molecule has 1 heterocycles. The van der Waals surface area contributed by atoms with Gasteiger partial charge in [0.2, 0.25) is 0 Å². The number of carbonyl (C=O) groups excluding carboxylic acids is 1. The second-order valence-corrected chi connectivity index (χ2v) is 10.8. The first-order chi connectivity index (χ1) is 15.8. The molecule has 0 atom stereocenters. The molecule has 0 unspecified atom stereocenters. The van der Waals surface area contributed by atoms with Gasteiger partial charge in [-0.1, -0.05) is 27.0 Å². The van der Waals surface area contributed by atoms with Crippen molar-refractivity contribution in [1.29, 1.82) is 0 Å². The van der Waals surface area contributed by atoms with E-state index < -0.39 is 22.8 Å². The molecule has 1 saturated heterocycles. The van der Waals surface area contributed by atoms with Crippen LogP contribution in [0.5, 0.6) is 0 Å². The summed E-state index contributed by atoms with van der Waals surface area (Å²) in [5.41, 5.74) is 1.24. The summed E-state index contributed by atoms with van der Waals surface area (Å²) in [6.07, 6.45) is 5.63. The third-order valence-corrected chi connectivity index (χ3v) is 7.15. The molecule has 1 saturated carbocycles. The zero-order valence-corrected chi connectivity index (χ0v) is 20.9. The van der Waals surface area contributed by atoms with Gasteiger partial charge in [0.05, 0.1) is 11.1 Å². The van der Waals surface area contributed by atoms with Gasteiger partial charge in [0.25, 0.3) is 0 Å². The van der Waals surface area contributed by atoms with E-state index >= 15 is 0 Å². The molecule has 0 radical (unpaired) electrons. The number of aliphatic hydroxyl groups is 1. The van der Waals surface area contributed by atoms with E-state index in [0.717, 1.165) is 44.8 Å². The third-order valence-electron chi connectivity index (χ3n) is 7.15. The molecule has 1 aromatic rings. The van der Waals surface area contributed by atoms with E-state index in [1.807, 2.05) is 20.8 Å². The lowest BCUT2D eigenvalue weighted by Crippen LogP contribution is -2.71. The Balaban J connectivity index is 1.71. The fourth-order valence-corrected chi connectivity index (χ4v) is 5.24. The van der Waals surface area contributed by atoms with Crippen molar-refractivity contribution in [2.75, 3.05) is 13.1 Å². The Kier molecular flexibility index (Phi) is 7.83. The van der Waals surface area contributed by atoms with E-state index in [4.69, 9.17) is 0 Å². The molecule has 0 bridgehead atoms. The normalized spacial score (nSPS) is 25.1. The van der Waals surface area contributed by atoms with Crippen LogP contribution in [0.4, 0.5) is 8.78 Å². The zero-order valence-electron chi connectivity index (χ0n) is 20.9. The standard InChI is InChI=1S/C28H38F2N2O2/c1-18(2)25(24-8-7-22(29)14-26(24)30)13-19(3)21(5)31-28(15-20(4)33)16-32(17-28)23-9-11-27(6,34)12-10-23/h7-8,13-14,18,23,31,34H,3,5,9-12,15-17H2,1-2,4,6H3/b25-13+. The molecular weight excluding hydrogens is 434 g/mol. The van der Waals surface area contributed by atoms with Crippen LogP contribution in [0.3, 0.4) is 0 Å². The van der Waals surface area contributed by atoms with Gasteiger partial charge < -0.3 is 10.4 Å². The lowest BCUT2D eigenvalue weighted by molar-refractivity contribution is -0.121. The number of benzene rings is 1. The molecule has 2 aliphatic rings. The minimum absolute atomic E-state index is 0.0154. The molecule has 34 heavy (non-hydrogen) atoms. The summed E-state index contributed by atoms with van der Waals surface area (Å²) < 4.78 is 27.8. The number of rotatable bonds is 9. The Morgan fingerprint density at radius 2 is 1.88 bits per heavy atom. The molecule has 186 valence electrons. The largest absolute Gasteiger partial charge is 0.390 e. The highest BCUT2D eigenvalue weighted by Crippen LogP contribution is 2.37. The number of hydrogen-bond acceptors (Lipinski definition) is 4. The monoisotopic (exact) mass is 472 g/mol. The molecule has 1 aliphatic carbocycles. The molecule has 0 aromatic heterocycles. The third kappa shape index (κ3) is 6.22. The van der Waals surface area contributed by atoms with Crippen LogP contribution in [0.25, 0.3) is 5.57 Å². The lowest BCUT2D eigenvalue weighted by atomic mass is 9.77. The number of nitrogens with zero attached hydrogens (tertiary/aromatic N) is 1. The predicted octanol–water partition coefficient (Wildman–Crippen LogP) is 5.39. The minimum atomic E-state index is -0.614. The Bertz CT molecular complexity index is 980. The van der Waals surface area contributed by atoms with Crippen LogP contribution in [-0.4, -0.2) is 46.1 Å². The Morgan fingerprint density at radius 1 is 1.26 bits per heavy atom. The highest BCUT2D eigenvalue weighted by Gasteiger charge is 2.47. The van der Waals surface area contributed by atoms with Gasteiger partial charge in [0.15, 0.2) is 0 Å². The van der Waals surface area contributed by atoms with Crippen LogP contribution in [0.1, 0.15) is 65.4 Å². The van der Waals surface area contributed by atoms with E-state index in [2.05, 4.69) is 23.4 Å². The molecular formula is C28H38F2N2O2. The van der Waals surface area contributed by atoms with Crippen LogP contribution in [0.2, 0.25) is 0 Å². The van der Waals surface area contributed by atoms with Gasteiger partial charge in [-0.2, -0.15) is 0 Å². The molecule has 0 amide bonds. The Hall–Kier alpha value is -2.31. The Labute approximate surface area is 202 Å². The number of allylic oxidation sites excluding steroid dienone is 2. The van der Waals surface area contributed by atoms with Crippen molar-refractivity contribution < 1.29 is 18.7 Å². The molecule has 1 aliphatic heterocycles. The number of likely N-dealkylation sites (tertiary alicyclic amines) is 1. The molecule has 1 aromatic carbocycles. The van der Waals surface area contributed by atoms with Crippen LogP contribution in [-0.2, 0) is 4.79 Å². The van der Waals surface area contributed by atoms with Crippen molar-refractivity contribution in [3.8, 4) is 0 Å². The number of Topliss-reactive ketones (excluding diaryl/α,β-unsaturated/α-hetero) is 1. The van der Waals surface area contributed by atoms with Gasteiger partial charge in [-0.25, -0.2) is 8.78 Å². The quantitative estimate of drug-likeness (QED) is 0.473. The van der Waals surface area contributed by atoms with Crippen molar-refractivity contribution in [2.45, 2.75) is 77.0 Å². The average Bonchev–Trinajstić information content (AvgIpc) is 2.69. The highest BCUT2D eigenvalue weighted by atomic mass is 19.1. The fraction of sp³-hybridized carbons (Fsp3) is 0.536. The van der Waals surface area contributed by atoms with Gasteiger partial charge in [-0.05, 0) is 74.8 Å². The summed E-state index contributed by atoms with van der Waals surface area (Å²) in [4.78, 5) is 14.4. The summed E-state index contributed by atoms with van der Waals surface area (Å²) >= 11 is 0. The number of halogens is 2. The SMILES string of the molecule is C=C(/C=C(/c1ccc(F)cc1F)C(C)C)C(=C)NC1(CC(C)=O)CN(C2CCC(C)(O)CC2)C1. The Morgan fingerprint density at radius 3 is 2.41 bits per heavy atom. The predicted molar refractivity (Wildman–Crippen MR) is 133 cm³/mol. The first-order valence-corrected chi connectivity index (χ1v) is 12.1. The number of carbonyl (C=O) groups is 1. The van der Waals surface area contributed by atoms with Gasteiger partial charge in [0, 0.05) is 42.9 Å². The molecule has 3 rings (SSSR count). The minimum Gasteiger partial charge on any atom is -0.390 e. The van der Waals surface area contributed by atoms with Crippen molar-refractivity contribution in [3.63, 3.8) is 0 Å². The number of ketones is 1. The van der Waals surface area contributed by atoms with E-state index in [-0.39, 0.29) is 11.7 Å². The van der Waals surface area contributed by atoms with Crippen LogP contribution in [0, 0.1) is 17.6 Å². The summed E-state index contributed by atoms with van der Waals surface area (Å²) in [5, 5.41) is 13.7. The molecule has 4 nitrogen and oxygen atoms in total. The van der Waals surface area contributed by atoms with Gasteiger partial charge in [-0.15, -0.1) is 0 Å². The highest BCUT2D eigenvalue weighted by molar-refractivity contribution is 5.77. The summed E-state index contributed by atoms with van der Waals surface area (Å²) in [7, 11) is 0. The number of hydrogen-bond donors (Lipinski definition) is 2. The van der Waals surface area contributed by atoms with E-state index in [0.29, 0.717) is 34.9 Å². The second-order valence-electron chi connectivity index (χ2n) is 10.8. The van der Waals surface area contributed by atoms with Crippen molar-refractivity contribution in [3.05, 3.63) is 65.9 Å². The summed E-state index contributed by atoms with van der Waals surface area (Å²) in [5.74, 6) is -1.14. The van der Waals surface area contributed by atoms with Gasteiger partial charge in [0.1, 0.15) is 17.4 Å². The van der Waals surface area contributed by atoms with Crippen LogP contribution < -0.4 is 5.32 Å². The molecule has 0 spiro atoms. The smallest absolute Gasteiger partial charge is 0.133 e. The van der Waals surface area contributed by atoms with Gasteiger partial charge >= 0.3 is 0 Å². The van der Waals surface area contributed by atoms with Crippen molar-refractivity contribution in [1.82, 2.24) is 10.2 Å². The van der Waals surface area contributed by atoms with Crippen molar-refractivity contribution >= 4 is 11.4 Å². The first kappa shape index (κ1) is 26.3. The maximum atomic E-state index is 14.5. The average molecular weight is 473 g/mol. The lowest BCUT2D eigenvalue weighted by Gasteiger charge is -2.55. The van der Waals surface area contributed by atoms with E-state index in [1.165, 1.54) is 12.1 Å². The van der Waals surface area contributed by atoms with E-state index in [1.54, 1.807) is 13.0 Å². The number of nitrogens with one attached hydrogen (secondary N) is 1. The van der Waals surface area contributed by atoms with E-state index in [9.17, 15) is 18.7 Å². The molecule has 6 heteroatoms. The van der Waals surface area contributed by atoms with Gasteiger partial charge in [-0.3, -0.25) is 9.69 Å². The maximum absolute atomic E-state index is 14.5. The van der Waals surface area contributed by atoms with Crippen LogP contribution >= 0.6 is 0 Å². The topological polar surface area (TPSA) is 52.6 Å². The fourth-order valence-electron chi connectivity index (χ4n) is 5.24. The summed E-state index contributed by atoms with van der Waals surface area (Å²) in [6, 6.07) is 3.99. The van der Waals surface area contributed by atoms with Crippen LogP contribution in [0.15, 0.2) is 48.7 Å². The second kappa shape index (κ2) is 10.1.